The van der Waals surface area contributed by atoms with E-state index in [2.05, 4.69) is 40.8 Å². The van der Waals surface area contributed by atoms with Crippen LogP contribution in [0.1, 0.15) is 65.7 Å². The fraction of sp³-hybridized carbons (Fsp3) is 0.933. The van der Waals surface area contributed by atoms with E-state index in [9.17, 15) is 0 Å². The Bertz CT molecular complexity index is 193. The molecule has 0 saturated heterocycles. The van der Waals surface area contributed by atoms with Crippen molar-refractivity contribution < 1.29 is 21.4 Å². The van der Waals surface area contributed by atoms with Crippen LogP contribution in [-0.2, 0) is 4.43 Å². The van der Waals surface area contributed by atoms with Gasteiger partial charge in [-0.25, -0.2) is 0 Å². The molecule has 0 aliphatic heterocycles. The second-order valence-electron chi connectivity index (χ2n) is 6.58. The van der Waals surface area contributed by atoms with Crippen LogP contribution >= 0.6 is 0 Å². The van der Waals surface area contributed by atoms with Crippen LogP contribution in [0.2, 0.25) is 18.1 Å². The van der Waals surface area contributed by atoms with Crippen molar-refractivity contribution in [3.05, 3.63) is 6.92 Å². The molecule has 0 aliphatic rings. The minimum atomic E-state index is -1.49. The van der Waals surface area contributed by atoms with E-state index in [1.807, 2.05) is 0 Å². The molecule has 0 atom stereocenters. The normalized spacial score (nSPS) is 11.7. The van der Waals surface area contributed by atoms with Gasteiger partial charge in [0, 0.05) is 6.61 Å². The topological polar surface area (TPSA) is 9.23 Å². The molecule has 0 rings (SSSR count). The minimum absolute atomic E-state index is 0. The van der Waals surface area contributed by atoms with E-state index in [0.29, 0.717) is 5.04 Å². The molecular formula is C15H33BrMgOSi. The minimum Gasteiger partial charge on any atom is -1.00 e. The molecule has 1 nitrogen and oxygen atoms in total. The fourth-order valence-electron chi connectivity index (χ4n) is 1.53. The average molecular weight is 362 g/mol. The van der Waals surface area contributed by atoms with Crippen LogP contribution in [0.3, 0.4) is 0 Å². The number of rotatable bonds is 9. The molecule has 0 aromatic carbocycles. The van der Waals surface area contributed by atoms with Crippen LogP contribution in [0, 0.1) is 6.92 Å². The standard InChI is InChI=1S/C15H33OSi.BrH.Mg/c1-7-8-9-10-11-12-13-14-16-17(5,6)15(2,3)4;;/h1,7-14H2,2-6H3;1H;/q-1;;+2/p-1. The Kier molecular flexibility index (Phi) is 17.5. The largest absolute Gasteiger partial charge is 2.00 e. The van der Waals surface area contributed by atoms with Crippen molar-refractivity contribution in [2.24, 2.45) is 0 Å². The van der Waals surface area contributed by atoms with Crippen LogP contribution in [0.4, 0.5) is 0 Å². The van der Waals surface area contributed by atoms with Gasteiger partial charge in [-0.3, -0.25) is 0 Å². The van der Waals surface area contributed by atoms with Gasteiger partial charge >= 0.3 is 23.1 Å². The van der Waals surface area contributed by atoms with Crippen molar-refractivity contribution in [3.8, 4) is 0 Å². The molecular weight excluding hydrogens is 328 g/mol. The summed E-state index contributed by atoms with van der Waals surface area (Å²) in [6.45, 7) is 16.4. The first-order valence-electron chi connectivity index (χ1n) is 7.24. The van der Waals surface area contributed by atoms with Crippen molar-refractivity contribution in [1.29, 1.82) is 0 Å². The Balaban J connectivity index is -0.00000128. The Labute approximate surface area is 149 Å². The maximum atomic E-state index is 6.15. The summed E-state index contributed by atoms with van der Waals surface area (Å²) >= 11 is 0. The Morgan fingerprint density at radius 2 is 1.32 bits per heavy atom. The summed E-state index contributed by atoms with van der Waals surface area (Å²) in [5.41, 5.74) is 0. The van der Waals surface area contributed by atoms with Crippen molar-refractivity contribution in [1.82, 2.24) is 0 Å². The molecule has 0 spiro atoms. The maximum Gasteiger partial charge on any atom is 2.00 e. The Morgan fingerprint density at radius 3 is 1.74 bits per heavy atom. The van der Waals surface area contributed by atoms with Gasteiger partial charge in [-0.05, 0) is 24.6 Å². The van der Waals surface area contributed by atoms with E-state index in [4.69, 9.17) is 4.43 Å². The average Bonchev–Trinajstić information content (AvgIpc) is 2.20. The van der Waals surface area contributed by atoms with Crippen LogP contribution in [-0.4, -0.2) is 38.0 Å². The second-order valence-corrected chi connectivity index (χ2v) is 11.4. The second kappa shape index (κ2) is 13.1. The van der Waals surface area contributed by atoms with Crippen LogP contribution in [0.25, 0.3) is 0 Å². The maximum absolute atomic E-state index is 6.15. The smallest absolute Gasteiger partial charge is 1.00 e. The summed E-state index contributed by atoms with van der Waals surface area (Å²) in [6, 6.07) is 0. The predicted octanol–water partition coefficient (Wildman–Crippen LogP) is 2.20. The van der Waals surface area contributed by atoms with E-state index in [-0.39, 0.29) is 40.0 Å². The number of unbranched alkanes of at least 4 members (excludes halogenated alkanes) is 6. The van der Waals surface area contributed by atoms with Gasteiger partial charge in [-0.2, -0.15) is 6.42 Å². The van der Waals surface area contributed by atoms with Gasteiger partial charge < -0.3 is 28.3 Å². The Hall–Kier alpha value is 1.42. The molecule has 112 valence electrons. The van der Waals surface area contributed by atoms with Crippen LogP contribution in [0.5, 0.6) is 0 Å². The SMILES string of the molecule is [Br-].[CH2-]CCCCCCCCO[Si](C)(C)C(C)(C)C.[Mg+2]. The number of hydrogen-bond donors (Lipinski definition) is 0. The van der Waals surface area contributed by atoms with Gasteiger partial charge in [-0.1, -0.05) is 52.9 Å². The molecule has 0 aromatic heterocycles. The van der Waals surface area contributed by atoms with E-state index in [0.717, 1.165) is 13.0 Å². The van der Waals surface area contributed by atoms with Crippen molar-refractivity contribution in [3.63, 3.8) is 0 Å². The molecule has 0 aliphatic carbocycles. The first-order valence-corrected chi connectivity index (χ1v) is 10.2. The van der Waals surface area contributed by atoms with Gasteiger partial charge in [0.15, 0.2) is 8.32 Å². The monoisotopic (exact) mass is 360 g/mol. The predicted molar refractivity (Wildman–Crippen MR) is 86.6 cm³/mol. The third-order valence-corrected chi connectivity index (χ3v) is 8.45. The van der Waals surface area contributed by atoms with Crippen LogP contribution < -0.4 is 17.0 Å². The molecule has 0 radical (unpaired) electrons. The molecule has 0 N–H and O–H groups in total. The summed E-state index contributed by atoms with van der Waals surface area (Å²) in [5, 5.41) is 0.348. The van der Waals surface area contributed by atoms with Crippen molar-refractivity contribution >= 4 is 31.4 Å². The first-order chi connectivity index (χ1) is 7.81. The number of halogens is 1. The molecule has 4 heteroatoms. The van der Waals surface area contributed by atoms with Gasteiger partial charge in [0.2, 0.25) is 0 Å². The van der Waals surface area contributed by atoms with Gasteiger partial charge in [0.1, 0.15) is 0 Å². The van der Waals surface area contributed by atoms with E-state index in [1.54, 1.807) is 0 Å². The molecule has 19 heavy (non-hydrogen) atoms. The summed E-state index contributed by atoms with van der Waals surface area (Å²) in [5.74, 6) is 0. The zero-order chi connectivity index (χ0) is 13.4. The molecule has 0 fully saturated rings. The molecule has 0 aromatic rings. The molecule has 0 saturated carbocycles. The Morgan fingerprint density at radius 1 is 0.895 bits per heavy atom. The zero-order valence-corrected chi connectivity index (χ0v) is 17.9. The van der Waals surface area contributed by atoms with E-state index >= 15 is 0 Å². The van der Waals surface area contributed by atoms with Crippen LogP contribution in [0.15, 0.2) is 0 Å². The van der Waals surface area contributed by atoms with E-state index < -0.39 is 8.32 Å². The summed E-state index contributed by atoms with van der Waals surface area (Å²) in [4.78, 5) is 0. The third-order valence-electron chi connectivity index (χ3n) is 3.91. The first kappa shape index (κ1) is 25.4. The molecule has 0 unspecified atom stereocenters. The molecule has 0 heterocycles. The summed E-state index contributed by atoms with van der Waals surface area (Å²) < 4.78 is 6.15. The molecule has 0 bridgehead atoms. The third kappa shape index (κ3) is 12.8. The van der Waals surface area contributed by atoms with Gasteiger partial charge in [0.05, 0.1) is 0 Å². The van der Waals surface area contributed by atoms with Crippen molar-refractivity contribution in [2.75, 3.05) is 6.61 Å². The van der Waals surface area contributed by atoms with Gasteiger partial charge in [-0.15, -0.1) is 0 Å². The fourth-order valence-corrected chi connectivity index (χ4v) is 2.62. The summed E-state index contributed by atoms with van der Waals surface area (Å²) in [7, 11) is -1.49. The number of hydrogen-bond acceptors (Lipinski definition) is 1. The van der Waals surface area contributed by atoms with E-state index in [1.165, 1.54) is 38.5 Å². The zero-order valence-electron chi connectivity index (χ0n) is 13.9. The molecule has 0 amide bonds. The quantitative estimate of drug-likeness (QED) is 0.347. The van der Waals surface area contributed by atoms with Gasteiger partial charge in [0.25, 0.3) is 0 Å². The van der Waals surface area contributed by atoms with Crippen molar-refractivity contribution in [2.45, 2.75) is 83.8 Å². The summed E-state index contributed by atoms with van der Waals surface area (Å²) in [6.07, 6.45) is 9.03.